The molecule has 1 N–H and O–H groups in total. The van der Waals surface area contributed by atoms with Gasteiger partial charge < -0.3 is 4.74 Å². The number of hydrogen-bond donors (Lipinski definition) is 1. The van der Waals surface area contributed by atoms with Crippen LogP contribution in [0.15, 0.2) is 35.2 Å². The van der Waals surface area contributed by atoms with Gasteiger partial charge in [0.25, 0.3) is 10.0 Å². The zero-order valence-electron chi connectivity index (χ0n) is 13.5. The van der Waals surface area contributed by atoms with Crippen LogP contribution in [0.3, 0.4) is 0 Å². The summed E-state index contributed by atoms with van der Waals surface area (Å²) >= 11 is 1.34. The minimum atomic E-state index is -3.74. The number of hydrogen-bond acceptors (Lipinski definition) is 5. The van der Waals surface area contributed by atoms with Crippen LogP contribution in [0.4, 0.5) is 5.00 Å². The topological polar surface area (TPSA) is 72.5 Å². The number of benzene rings is 1. The van der Waals surface area contributed by atoms with Crippen molar-refractivity contribution in [1.29, 1.82) is 0 Å². The highest BCUT2D eigenvalue weighted by Gasteiger charge is 2.30. The Kier molecular flexibility index (Phi) is 4.64. The lowest BCUT2D eigenvalue weighted by atomic mass is 9.88. The molecule has 1 heterocycles. The van der Waals surface area contributed by atoms with Crippen LogP contribution in [0.1, 0.15) is 34.1 Å². The number of ether oxygens (including phenoxy) is 1. The molecule has 1 atom stereocenters. The molecule has 5 nitrogen and oxygen atoms in total. The van der Waals surface area contributed by atoms with Crippen LogP contribution in [0.5, 0.6) is 0 Å². The summed E-state index contributed by atoms with van der Waals surface area (Å²) in [7, 11) is -2.43. The summed E-state index contributed by atoms with van der Waals surface area (Å²) in [6.07, 6.45) is 2.61. The zero-order valence-corrected chi connectivity index (χ0v) is 15.2. The average molecular weight is 365 g/mol. The Bertz CT molecular complexity index is 856. The van der Waals surface area contributed by atoms with Gasteiger partial charge in [-0.3, -0.25) is 4.72 Å². The summed E-state index contributed by atoms with van der Waals surface area (Å²) in [6.45, 7) is 2.16. The van der Waals surface area contributed by atoms with Gasteiger partial charge in [-0.1, -0.05) is 25.1 Å². The molecule has 0 bridgehead atoms. The molecule has 0 fully saturated rings. The Balaban J connectivity index is 2.03. The van der Waals surface area contributed by atoms with E-state index in [2.05, 4.69) is 11.6 Å². The number of nitrogens with one attached hydrogen (secondary N) is 1. The summed E-state index contributed by atoms with van der Waals surface area (Å²) in [5.74, 6) is 0.0352. The van der Waals surface area contributed by atoms with Crippen molar-refractivity contribution in [2.24, 2.45) is 5.92 Å². The number of sulfonamides is 1. The van der Waals surface area contributed by atoms with Gasteiger partial charge in [0.05, 0.1) is 17.6 Å². The lowest BCUT2D eigenvalue weighted by Gasteiger charge is -2.18. The second-order valence-corrected chi connectivity index (χ2v) is 8.75. The second kappa shape index (κ2) is 6.57. The van der Waals surface area contributed by atoms with E-state index in [1.807, 2.05) is 0 Å². The van der Waals surface area contributed by atoms with Crippen LogP contribution >= 0.6 is 11.3 Å². The fourth-order valence-electron chi connectivity index (χ4n) is 2.92. The molecule has 2 aromatic rings. The van der Waals surface area contributed by atoms with E-state index in [4.69, 9.17) is 4.74 Å². The number of fused-ring (bicyclic) bond motifs is 1. The Labute approximate surface area is 145 Å². The van der Waals surface area contributed by atoms with Gasteiger partial charge in [-0.2, -0.15) is 0 Å². The highest BCUT2D eigenvalue weighted by Crippen LogP contribution is 2.40. The fourth-order valence-corrected chi connectivity index (χ4v) is 5.65. The largest absolute Gasteiger partial charge is 0.465 e. The SMILES string of the molecule is COC(=O)c1c(NS(=O)(=O)c2ccccc2)sc2c1CCC(C)C2. The third-order valence-electron chi connectivity index (χ3n) is 4.18. The molecule has 1 aromatic heterocycles. The molecule has 1 unspecified atom stereocenters. The van der Waals surface area contributed by atoms with Crippen LogP contribution in [-0.2, 0) is 27.6 Å². The van der Waals surface area contributed by atoms with E-state index in [0.29, 0.717) is 16.5 Å². The average Bonchev–Trinajstić information content (AvgIpc) is 2.91. The maximum Gasteiger partial charge on any atom is 0.341 e. The molecular formula is C17H19NO4S2. The Morgan fingerprint density at radius 1 is 1.29 bits per heavy atom. The van der Waals surface area contributed by atoms with Gasteiger partial charge in [0.1, 0.15) is 5.00 Å². The Morgan fingerprint density at radius 2 is 2.00 bits per heavy atom. The monoisotopic (exact) mass is 365 g/mol. The first kappa shape index (κ1) is 17.0. The third kappa shape index (κ3) is 3.18. The fraction of sp³-hybridized carbons (Fsp3) is 0.353. The highest BCUT2D eigenvalue weighted by atomic mass is 32.2. The molecule has 0 amide bonds. The van der Waals surface area contributed by atoms with E-state index in [-0.39, 0.29) is 4.90 Å². The van der Waals surface area contributed by atoms with Crippen molar-refractivity contribution in [3.05, 3.63) is 46.3 Å². The Morgan fingerprint density at radius 3 is 2.67 bits per heavy atom. The van der Waals surface area contributed by atoms with E-state index >= 15 is 0 Å². The highest BCUT2D eigenvalue weighted by molar-refractivity contribution is 7.93. The van der Waals surface area contributed by atoms with Crippen molar-refractivity contribution in [1.82, 2.24) is 0 Å². The predicted molar refractivity (Wildman–Crippen MR) is 94.1 cm³/mol. The minimum Gasteiger partial charge on any atom is -0.465 e. The van der Waals surface area contributed by atoms with Crippen molar-refractivity contribution >= 4 is 32.3 Å². The number of thiophene rings is 1. The standard InChI is InChI=1S/C17H19NO4S2/c1-11-8-9-13-14(10-11)23-16(15(13)17(19)22-2)18-24(20,21)12-6-4-3-5-7-12/h3-7,11,18H,8-10H2,1-2H3. The van der Waals surface area contributed by atoms with Crippen LogP contribution in [-0.4, -0.2) is 21.5 Å². The normalized spacial score (nSPS) is 17.2. The molecule has 1 aliphatic carbocycles. The molecule has 128 valence electrons. The van der Waals surface area contributed by atoms with Gasteiger partial charge in [0, 0.05) is 4.88 Å². The van der Waals surface area contributed by atoms with Gasteiger partial charge in [0.15, 0.2) is 0 Å². The number of esters is 1. The minimum absolute atomic E-state index is 0.167. The number of rotatable bonds is 4. The molecule has 0 aliphatic heterocycles. The maximum absolute atomic E-state index is 12.6. The maximum atomic E-state index is 12.6. The van der Waals surface area contributed by atoms with Crippen LogP contribution in [0.2, 0.25) is 0 Å². The first-order valence-electron chi connectivity index (χ1n) is 7.73. The second-order valence-electron chi connectivity index (χ2n) is 5.97. The van der Waals surface area contributed by atoms with Crippen molar-refractivity contribution in [3.63, 3.8) is 0 Å². The first-order valence-corrected chi connectivity index (χ1v) is 10.0. The van der Waals surface area contributed by atoms with E-state index in [1.54, 1.807) is 18.2 Å². The van der Waals surface area contributed by atoms with E-state index in [0.717, 1.165) is 29.7 Å². The van der Waals surface area contributed by atoms with E-state index in [9.17, 15) is 13.2 Å². The van der Waals surface area contributed by atoms with Gasteiger partial charge in [-0.15, -0.1) is 11.3 Å². The summed E-state index contributed by atoms with van der Waals surface area (Å²) in [5, 5.41) is 0.352. The zero-order chi connectivity index (χ0) is 17.3. The smallest absolute Gasteiger partial charge is 0.341 e. The summed E-state index contributed by atoms with van der Waals surface area (Å²) < 4.78 is 32.6. The molecule has 0 saturated heterocycles. The number of methoxy groups -OCH3 is 1. The van der Waals surface area contributed by atoms with E-state index in [1.165, 1.54) is 30.6 Å². The van der Waals surface area contributed by atoms with Gasteiger partial charge in [-0.25, -0.2) is 13.2 Å². The summed E-state index contributed by atoms with van der Waals surface area (Å²) in [4.78, 5) is 13.5. The number of carbonyl (C=O) groups excluding carboxylic acids is 1. The molecule has 1 aliphatic rings. The van der Waals surface area contributed by atoms with E-state index < -0.39 is 16.0 Å². The number of carbonyl (C=O) groups is 1. The van der Waals surface area contributed by atoms with Gasteiger partial charge in [0.2, 0.25) is 0 Å². The quantitative estimate of drug-likeness (QED) is 0.842. The molecular weight excluding hydrogens is 346 g/mol. The predicted octanol–water partition coefficient (Wildman–Crippen LogP) is 3.46. The van der Waals surface area contributed by atoms with Crippen LogP contribution in [0.25, 0.3) is 0 Å². The van der Waals surface area contributed by atoms with Crippen LogP contribution < -0.4 is 4.72 Å². The molecule has 7 heteroatoms. The lowest BCUT2D eigenvalue weighted by molar-refractivity contribution is 0.0601. The molecule has 0 saturated carbocycles. The summed E-state index contributed by atoms with van der Waals surface area (Å²) in [6, 6.07) is 8.13. The molecule has 1 aromatic carbocycles. The van der Waals surface area contributed by atoms with Crippen molar-refractivity contribution in [2.45, 2.75) is 31.1 Å². The molecule has 3 rings (SSSR count). The third-order valence-corrected chi connectivity index (χ3v) is 6.85. The number of anilines is 1. The first-order chi connectivity index (χ1) is 11.4. The van der Waals surface area contributed by atoms with Crippen molar-refractivity contribution < 1.29 is 17.9 Å². The molecule has 24 heavy (non-hydrogen) atoms. The summed E-state index contributed by atoms with van der Waals surface area (Å²) in [5.41, 5.74) is 1.29. The lowest BCUT2D eigenvalue weighted by Crippen LogP contribution is -2.16. The van der Waals surface area contributed by atoms with Gasteiger partial charge >= 0.3 is 5.97 Å². The van der Waals surface area contributed by atoms with Crippen molar-refractivity contribution in [3.8, 4) is 0 Å². The molecule has 0 radical (unpaired) electrons. The van der Waals surface area contributed by atoms with Crippen molar-refractivity contribution in [2.75, 3.05) is 11.8 Å². The Hall–Kier alpha value is -1.86. The molecule has 0 spiro atoms. The van der Waals surface area contributed by atoms with Gasteiger partial charge in [-0.05, 0) is 42.9 Å². The van der Waals surface area contributed by atoms with Crippen LogP contribution in [0, 0.1) is 5.92 Å².